The zero-order chi connectivity index (χ0) is 16.2. The normalized spacial score (nSPS) is 12.6. The summed E-state index contributed by atoms with van der Waals surface area (Å²) in [5, 5.41) is 11.9. The first-order chi connectivity index (χ1) is 9.66. The maximum atomic E-state index is 12.0. The molecule has 6 nitrogen and oxygen atoms in total. The highest BCUT2D eigenvalue weighted by molar-refractivity contribution is 5.94. The Kier molecular flexibility index (Phi) is 5.18. The summed E-state index contributed by atoms with van der Waals surface area (Å²) < 4.78 is 5.48. The number of benzene rings is 1. The second kappa shape index (κ2) is 6.47. The summed E-state index contributed by atoms with van der Waals surface area (Å²) in [4.78, 5) is 23.0. The van der Waals surface area contributed by atoms with E-state index in [1.807, 2.05) is 20.8 Å². The highest BCUT2D eigenvalue weighted by Gasteiger charge is 2.23. The second-order valence-electron chi connectivity index (χ2n) is 5.54. The number of ether oxygens (including phenoxy) is 1. The third-order valence-electron chi connectivity index (χ3n) is 3.28. The summed E-state index contributed by atoms with van der Waals surface area (Å²) in [5.74, 6) is -1.10. The smallest absolute Gasteiger partial charge is 0.337 e. The Labute approximate surface area is 124 Å². The van der Waals surface area contributed by atoms with E-state index in [4.69, 9.17) is 15.6 Å². The molecule has 0 saturated carbocycles. The predicted molar refractivity (Wildman–Crippen MR) is 80.4 cm³/mol. The largest absolute Gasteiger partial charge is 0.481 e. The molecule has 4 N–H and O–H groups in total. The van der Waals surface area contributed by atoms with Crippen LogP contribution in [0.1, 0.15) is 44.5 Å². The van der Waals surface area contributed by atoms with E-state index in [0.717, 1.165) is 6.42 Å². The van der Waals surface area contributed by atoms with E-state index in [0.29, 0.717) is 5.75 Å². The molecule has 0 saturated heterocycles. The minimum atomic E-state index is -1.14. The van der Waals surface area contributed by atoms with Crippen LogP contribution in [0, 0.1) is 0 Å². The molecule has 0 aliphatic rings. The van der Waals surface area contributed by atoms with Gasteiger partial charge in [0.15, 0.2) is 6.10 Å². The first-order valence-electron chi connectivity index (χ1n) is 6.78. The fourth-order valence-corrected chi connectivity index (χ4v) is 1.58. The summed E-state index contributed by atoms with van der Waals surface area (Å²) in [6, 6.07) is 4.29. The molecule has 1 atom stereocenters. The molecule has 0 heterocycles. The van der Waals surface area contributed by atoms with Gasteiger partial charge in [0.05, 0.1) is 5.56 Å². The Morgan fingerprint density at radius 3 is 2.57 bits per heavy atom. The molecule has 0 bridgehead atoms. The molecule has 0 fully saturated rings. The van der Waals surface area contributed by atoms with Crippen molar-refractivity contribution in [3.8, 4) is 5.75 Å². The van der Waals surface area contributed by atoms with Crippen LogP contribution in [0.4, 0.5) is 5.69 Å². The average Bonchev–Trinajstić information content (AvgIpc) is 2.40. The van der Waals surface area contributed by atoms with Gasteiger partial charge in [0.2, 0.25) is 0 Å². The number of carbonyl (C=O) groups is 2. The Bertz CT molecular complexity index is 540. The van der Waals surface area contributed by atoms with Crippen molar-refractivity contribution in [2.45, 2.75) is 45.8 Å². The molecule has 1 unspecified atom stereocenters. The minimum Gasteiger partial charge on any atom is -0.481 e. The van der Waals surface area contributed by atoms with Gasteiger partial charge < -0.3 is 20.9 Å². The first-order valence-corrected chi connectivity index (χ1v) is 6.78. The number of rotatable bonds is 6. The van der Waals surface area contributed by atoms with Gasteiger partial charge >= 0.3 is 5.97 Å². The van der Waals surface area contributed by atoms with Gasteiger partial charge in [0.1, 0.15) is 5.75 Å². The van der Waals surface area contributed by atoms with Crippen molar-refractivity contribution in [3.63, 3.8) is 0 Å². The highest BCUT2D eigenvalue weighted by atomic mass is 16.5. The zero-order valence-electron chi connectivity index (χ0n) is 12.8. The van der Waals surface area contributed by atoms with Gasteiger partial charge in [-0.05, 0) is 45.4 Å². The van der Waals surface area contributed by atoms with Crippen LogP contribution in [-0.2, 0) is 4.79 Å². The van der Waals surface area contributed by atoms with Gasteiger partial charge in [-0.2, -0.15) is 0 Å². The Morgan fingerprint density at radius 2 is 2.05 bits per heavy atom. The van der Waals surface area contributed by atoms with E-state index in [-0.39, 0.29) is 22.7 Å². The van der Waals surface area contributed by atoms with Crippen molar-refractivity contribution in [1.82, 2.24) is 5.32 Å². The number of hydrogen-bond acceptors (Lipinski definition) is 4. The lowest BCUT2D eigenvalue weighted by molar-refractivity contribution is -0.128. The number of carbonyl (C=O) groups excluding carboxylic acids is 1. The lowest BCUT2D eigenvalue weighted by atomic mass is 10.0. The molecule has 0 aromatic heterocycles. The summed E-state index contributed by atoms with van der Waals surface area (Å²) >= 11 is 0. The number of carboxylic acid groups (broad SMARTS) is 1. The summed E-state index contributed by atoms with van der Waals surface area (Å²) in [6.07, 6.45) is 0.0531. The molecule has 0 aliphatic carbocycles. The molecule has 116 valence electrons. The van der Waals surface area contributed by atoms with Crippen molar-refractivity contribution >= 4 is 17.6 Å². The molecule has 21 heavy (non-hydrogen) atoms. The van der Waals surface area contributed by atoms with E-state index in [1.165, 1.54) is 18.2 Å². The van der Waals surface area contributed by atoms with Crippen LogP contribution in [0.2, 0.25) is 0 Å². The topological polar surface area (TPSA) is 102 Å². The molecule has 0 aliphatic heterocycles. The van der Waals surface area contributed by atoms with Gasteiger partial charge in [0, 0.05) is 11.2 Å². The van der Waals surface area contributed by atoms with Crippen molar-refractivity contribution in [2.24, 2.45) is 0 Å². The van der Waals surface area contributed by atoms with Crippen LogP contribution in [0.5, 0.6) is 5.75 Å². The maximum absolute atomic E-state index is 12.0. The predicted octanol–water partition coefficient (Wildman–Crippen LogP) is 2.04. The van der Waals surface area contributed by atoms with E-state index in [9.17, 15) is 9.59 Å². The van der Waals surface area contributed by atoms with E-state index in [1.54, 1.807) is 6.92 Å². The number of hydrogen-bond donors (Lipinski definition) is 3. The molecule has 1 rings (SSSR count). The van der Waals surface area contributed by atoms with Gasteiger partial charge in [-0.15, -0.1) is 0 Å². The van der Waals surface area contributed by atoms with E-state index < -0.39 is 12.1 Å². The third kappa shape index (κ3) is 4.66. The van der Waals surface area contributed by atoms with Crippen LogP contribution < -0.4 is 15.8 Å². The Hall–Kier alpha value is -2.24. The molecule has 0 spiro atoms. The van der Waals surface area contributed by atoms with Gasteiger partial charge in [-0.3, -0.25) is 4.79 Å². The van der Waals surface area contributed by atoms with Gasteiger partial charge in [0.25, 0.3) is 5.91 Å². The molecule has 1 aromatic rings. The maximum Gasteiger partial charge on any atom is 0.337 e. The molecule has 1 aromatic carbocycles. The molecular weight excluding hydrogens is 272 g/mol. The quantitative estimate of drug-likeness (QED) is 0.697. The van der Waals surface area contributed by atoms with Gasteiger partial charge in [-0.1, -0.05) is 6.92 Å². The average molecular weight is 294 g/mol. The van der Waals surface area contributed by atoms with Crippen LogP contribution >= 0.6 is 0 Å². The third-order valence-corrected chi connectivity index (χ3v) is 3.28. The first kappa shape index (κ1) is 16.8. The lowest BCUT2D eigenvalue weighted by Crippen LogP contribution is -2.48. The number of nitrogens with one attached hydrogen (secondary N) is 1. The second-order valence-corrected chi connectivity index (χ2v) is 5.54. The zero-order valence-corrected chi connectivity index (χ0v) is 12.8. The Balaban J connectivity index is 2.79. The lowest BCUT2D eigenvalue weighted by Gasteiger charge is -2.26. The fourth-order valence-electron chi connectivity index (χ4n) is 1.58. The summed E-state index contributed by atoms with van der Waals surface area (Å²) in [6.45, 7) is 7.43. The van der Waals surface area contributed by atoms with Crippen molar-refractivity contribution in [3.05, 3.63) is 23.8 Å². The minimum absolute atomic E-state index is 0.0472. The van der Waals surface area contributed by atoms with Crippen LogP contribution in [0.15, 0.2) is 18.2 Å². The summed E-state index contributed by atoms with van der Waals surface area (Å²) in [7, 11) is 0. The molecular formula is C15H22N2O4. The molecule has 0 radical (unpaired) electrons. The van der Waals surface area contributed by atoms with Crippen molar-refractivity contribution in [1.29, 1.82) is 0 Å². The van der Waals surface area contributed by atoms with E-state index >= 15 is 0 Å². The van der Waals surface area contributed by atoms with Crippen LogP contribution in [0.3, 0.4) is 0 Å². The standard InChI is InChI=1S/C15H22N2O4/c1-5-15(3,4)17-13(18)9(2)21-10-6-7-12(16)11(8-10)14(19)20/h6-9H,5,16H2,1-4H3,(H,17,18)(H,19,20). The van der Waals surface area contributed by atoms with Crippen LogP contribution in [0.25, 0.3) is 0 Å². The number of carboxylic acids is 1. The van der Waals surface area contributed by atoms with Crippen molar-refractivity contribution < 1.29 is 19.4 Å². The summed E-state index contributed by atoms with van der Waals surface area (Å²) in [5.41, 5.74) is 5.35. The van der Waals surface area contributed by atoms with E-state index in [2.05, 4.69) is 5.32 Å². The SMILES string of the molecule is CCC(C)(C)NC(=O)C(C)Oc1ccc(N)c(C(=O)O)c1. The number of amides is 1. The molecule has 6 heteroatoms. The number of aromatic carboxylic acids is 1. The number of nitrogen functional groups attached to an aromatic ring is 1. The fraction of sp³-hybridized carbons (Fsp3) is 0.467. The highest BCUT2D eigenvalue weighted by Crippen LogP contribution is 2.21. The van der Waals surface area contributed by atoms with Crippen molar-refractivity contribution in [2.75, 3.05) is 5.73 Å². The monoisotopic (exact) mass is 294 g/mol. The number of anilines is 1. The van der Waals surface area contributed by atoms with Gasteiger partial charge in [-0.25, -0.2) is 4.79 Å². The molecule has 1 amide bonds. The number of nitrogens with two attached hydrogens (primary N) is 1. The Morgan fingerprint density at radius 1 is 1.43 bits per heavy atom. The van der Waals surface area contributed by atoms with Crippen LogP contribution in [-0.4, -0.2) is 28.6 Å².